The van der Waals surface area contributed by atoms with E-state index in [0.29, 0.717) is 6.42 Å². The van der Waals surface area contributed by atoms with E-state index < -0.39 is 0 Å². The molecule has 1 saturated carbocycles. The van der Waals surface area contributed by atoms with E-state index in [1.54, 1.807) is 0 Å². The first-order valence-corrected chi connectivity index (χ1v) is 6.58. The first kappa shape index (κ1) is 13.5. The molecule has 0 aromatic rings. The monoisotopic (exact) mass is 227 g/mol. The fourth-order valence-corrected chi connectivity index (χ4v) is 2.38. The van der Waals surface area contributed by atoms with Gasteiger partial charge in [-0.25, -0.2) is 0 Å². The molecule has 1 aliphatic carbocycles. The van der Waals surface area contributed by atoms with E-state index in [2.05, 4.69) is 12.2 Å². The Morgan fingerprint density at radius 3 is 2.50 bits per heavy atom. The summed E-state index contributed by atoms with van der Waals surface area (Å²) in [4.78, 5) is 12.0. The lowest BCUT2D eigenvalue weighted by atomic mass is 9.82. The SMILES string of the molecule is CCC(CCO)NC(=O)C1CCC(C)CC1. The molecule has 0 aromatic carbocycles. The van der Waals surface area contributed by atoms with Crippen LogP contribution in [0.5, 0.6) is 0 Å². The van der Waals surface area contributed by atoms with Gasteiger partial charge in [0.05, 0.1) is 0 Å². The lowest BCUT2D eigenvalue weighted by Gasteiger charge is -2.27. The highest BCUT2D eigenvalue weighted by molar-refractivity contribution is 5.79. The van der Waals surface area contributed by atoms with E-state index in [0.717, 1.165) is 25.2 Å². The molecular formula is C13H25NO2. The van der Waals surface area contributed by atoms with Gasteiger partial charge in [-0.15, -0.1) is 0 Å². The summed E-state index contributed by atoms with van der Waals surface area (Å²) in [7, 11) is 0. The van der Waals surface area contributed by atoms with E-state index in [-0.39, 0.29) is 24.5 Å². The van der Waals surface area contributed by atoms with E-state index in [9.17, 15) is 4.79 Å². The fourth-order valence-electron chi connectivity index (χ4n) is 2.38. The summed E-state index contributed by atoms with van der Waals surface area (Å²) in [6, 6.07) is 0.150. The van der Waals surface area contributed by atoms with Crippen LogP contribution in [-0.4, -0.2) is 23.7 Å². The third-order valence-electron chi connectivity index (χ3n) is 3.70. The number of carbonyl (C=O) groups is 1. The summed E-state index contributed by atoms with van der Waals surface area (Å²) in [5.41, 5.74) is 0. The molecule has 1 amide bonds. The van der Waals surface area contributed by atoms with Gasteiger partial charge in [-0.05, 0) is 44.4 Å². The average molecular weight is 227 g/mol. The molecule has 1 fully saturated rings. The molecule has 2 N–H and O–H groups in total. The number of nitrogens with one attached hydrogen (secondary N) is 1. The van der Waals surface area contributed by atoms with Gasteiger partial charge in [0.15, 0.2) is 0 Å². The van der Waals surface area contributed by atoms with Crippen LogP contribution in [0.4, 0.5) is 0 Å². The van der Waals surface area contributed by atoms with E-state index in [1.165, 1.54) is 12.8 Å². The molecule has 0 aromatic heterocycles. The van der Waals surface area contributed by atoms with E-state index in [4.69, 9.17) is 5.11 Å². The molecule has 1 aliphatic rings. The Labute approximate surface area is 98.6 Å². The van der Waals surface area contributed by atoms with Crippen LogP contribution in [-0.2, 0) is 4.79 Å². The molecule has 3 nitrogen and oxygen atoms in total. The number of amides is 1. The highest BCUT2D eigenvalue weighted by Gasteiger charge is 2.25. The zero-order valence-electron chi connectivity index (χ0n) is 10.5. The summed E-state index contributed by atoms with van der Waals surface area (Å²) >= 11 is 0. The maximum atomic E-state index is 12.0. The summed E-state index contributed by atoms with van der Waals surface area (Å²) < 4.78 is 0. The predicted molar refractivity (Wildman–Crippen MR) is 65.0 cm³/mol. The average Bonchev–Trinajstić information content (AvgIpc) is 2.29. The molecule has 94 valence electrons. The van der Waals surface area contributed by atoms with Crippen molar-refractivity contribution in [2.45, 2.75) is 58.4 Å². The van der Waals surface area contributed by atoms with Crippen LogP contribution in [0.15, 0.2) is 0 Å². The van der Waals surface area contributed by atoms with Crippen LogP contribution in [0, 0.1) is 11.8 Å². The van der Waals surface area contributed by atoms with Gasteiger partial charge < -0.3 is 10.4 Å². The minimum absolute atomic E-state index is 0.150. The molecule has 0 saturated heterocycles. The Bertz CT molecular complexity index is 210. The Morgan fingerprint density at radius 2 is 2.00 bits per heavy atom. The molecule has 1 rings (SSSR count). The molecule has 0 aliphatic heterocycles. The van der Waals surface area contributed by atoms with Gasteiger partial charge in [0.2, 0.25) is 5.91 Å². The maximum Gasteiger partial charge on any atom is 0.223 e. The Morgan fingerprint density at radius 1 is 1.38 bits per heavy atom. The smallest absolute Gasteiger partial charge is 0.223 e. The van der Waals surface area contributed by atoms with Gasteiger partial charge in [-0.2, -0.15) is 0 Å². The third-order valence-corrected chi connectivity index (χ3v) is 3.70. The summed E-state index contributed by atoms with van der Waals surface area (Å²) in [5, 5.41) is 11.9. The second kappa shape index (κ2) is 6.89. The second-order valence-corrected chi connectivity index (χ2v) is 5.08. The minimum Gasteiger partial charge on any atom is -0.396 e. The van der Waals surface area contributed by atoms with Gasteiger partial charge in [0, 0.05) is 18.6 Å². The standard InChI is InChI=1S/C13H25NO2/c1-3-12(8-9-15)14-13(16)11-6-4-10(2)5-7-11/h10-12,15H,3-9H2,1-2H3,(H,14,16). The number of hydrogen-bond acceptors (Lipinski definition) is 2. The lowest BCUT2D eigenvalue weighted by molar-refractivity contribution is -0.127. The molecule has 0 radical (unpaired) electrons. The van der Waals surface area contributed by atoms with Crippen LogP contribution in [0.25, 0.3) is 0 Å². The zero-order chi connectivity index (χ0) is 12.0. The van der Waals surface area contributed by atoms with Crippen molar-refractivity contribution in [1.82, 2.24) is 5.32 Å². The van der Waals surface area contributed by atoms with E-state index >= 15 is 0 Å². The topological polar surface area (TPSA) is 49.3 Å². The highest BCUT2D eigenvalue weighted by atomic mass is 16.3. The van der Waals surface area contributed by atoms with Crippen LogP contribution in [0.1, 0.15) is 52.4 Å². The summed E-state index contributed by atoms with van der Waals surface area (Å²) in [5.74, 6) is 1.19. The number of carbonyl (C=O) groups excluding carboxylic acids is 1. The molecular weight excluding hydrogens is 202 g/mol. The van der Waals surface area contributed by atoms with Crippen LogP contribution in [0.3, 0.4) is 0 Å². The quantitative estimate of drug-likeness (QED) is 0.755. The van der Waals surface area contributed by atoms with Gasteiger partial charge >= 0.3 is 0 Å². The second-order valence-electron chi connectivity index (χ2n) is 5.08. The van der Waals surface area contributed by atoms with Crippen molar-refractivity contribution in [3.05, 3.63) is 0 Å². The number of hydrogen-bond donors (Lipinski definition) is 2. The summed E-state index contributed by atoms with van der Waals surface area (Å²) in [6.45, 7) is 4.46. The van der Waals surface area contributed by atoms with Crippen molar-refractivity contribution in [2.75, 3.05) is 6.61 Å². The fraction of sp³-hybridized carbons (Fsp3) is 0.923. The molecule has 0 spiro atoms. The van der Waals surface area contributed by atoms with Crippen molar-refractivity contribution in [3.8, 4) is 0 Å². The lowest BCUT2D eigenvalue weighted by Crippen LogP contribution is -2.40. The molecule has 1 atom stereocenters. The molecule has 1 unspecified atom stereocenters. The van der Waals surface area contributed by atoms with Crippen molar-refractivity contribution >= 4 is 5.91 Å². The molecule has 0 bridgehead atoms. The van der Waals surface area contributed by atoms with Gasteiger partial charge in [-0.1, -0.05) is 13.8 Å². The number of aliphatic hydroxyl groups is 1. The number of aliphatic hydroxyl groups excluding tert-OH is 1. The first-order chi connectivity index (χ1) is 7.67. The van der Waals surface area contributed by atoms with Crippen LogP contribution < -0.4 is 5.32 Å². The van der Waals surface area contributed by atoms with Crippen molar-refractivity contribution in [1.29, 1.82) is 0 Å². The largest absolute Gasteiger partial charge is 0.396 e. The normalized spacial score (nSPS) is 27.4. The molecule has 3 heteroatoms. The van der Waals surface area contributed by atoms with Gasteiger partial charge in [0.1, 0.15) is 0 Å². The Balaban J connectivity index is 2.33. The van der Waals surface area contributed by atoms with Crippen molar-refractivity contribution in [2.24, 2.45) is 11.8 Å². The van der Waals surface area contributed by atoms with Crippen LogP contribution in [0.2, 0.25) is 0 Å². The van der Waals surface area contributed by atoms with Crippen molar-refractivity contribution in [3.63, 3.8) is 0 Å². The highest BCUT2D eigenvalue weighted by Crippen LogP contribution is 2.28. The zero-order valence-corrected chi connectivity index (χ0v) is 10.5. The third kappa shape index (κ3) is 4.12. The number of rotatable bonds is 5. The van der Waals surface area contributed by atoms with Crippen LogP contribution >= 0.6 is 0 Å². The predicted octanol–water partition coefficient (Wildman–Crippen LogP) is 2.09. The van der Waals surface area contributed by atoms with Gasteiger partial charge in [-0.3, -0.25) is 4.79 Å². The first-order valence-electron chi connectivity index (χ1n) is 6.58. The van der Waals surface area contributed by atoms with Gasteiger partial charge in [0.25, 0.3) is 0 Å². The summed E-state index contributed by atoms with van der Waals surface area (Å²) in [6.07, 6.45) is 5.98. The maximum absolute atomic E-state index is 12.0. The molecule has 16 heavy (non-hydrogen) atoms. The van der Waals surface area contributed by atoms with E-state index in [1.807, 2.05) is 6.92 Å². The Hall–Kier alpha value is -0.570. The molecule has 0 heterocycles. The van der Waals surface area contributed by atoms with Crippen molar-refractivity contribution < 1.29 is 9.90 Å². The Kier molecular flexibility index (Phi) is 5.81. The minimum atomic E-state index is 0.150.